The lowest BCUT2D eigenvalue weighted by atomic mass is 10.2. The maximum Gasteiger partial charge on any atom is 0.387 e. The van der Waals surface area contributed by atoms with Crippen LogP contribution in [0.3, 0.4) is 0 Å². The molecule has 1 unspecified atom stereocenters. The van der Waals surface area contributed by atoms with E-state index >= 15 is 0 Å². The minimum atomic E-state index is -3.09. The first kappa shape index (κ1) is 16.3. The summed E-state index contributed by atoms with van der Waals surface area (Å²) in [5.74, 6) is -1.86. The highest BCUT2D eigenvalue weighted by atomic mass is 19.3. The molecule has 7 heteroatoms. The van der Waals surface area contributed by atoms with E-state index in [1.165, 1.54) is 6.07 Å². The molecule has 20 heavy (non-hydrogen) atoms. The van der Waals surface area contributed by atoms with Crippen molar-refractivity contribution in [3.05, 3.63) is 24.0 Å². The van der Waals surface area contributed by atoms with E-state index < -0.39 is 18.2 Å². The Morgan fingerprint density at radius 1 is 1.40 bits per heavy atom. The predicted molar refractivity (Wildman–Crippen MR) is 69.4 cm³/mol. The van der Waals surface area contributed by atoms with Crippen LogP contribution in [0, 0.1) is 5.82 Å². The number of ether oxygens (including phenoxy) is 1. The Labute approximate surface area is 115 Å². The van der Waals surface area contributed by atoms with Crippen LogP contribution in [0.5, 0.6) is 5.75 Å². The van der Waals surface area contributed by atoms with E-state index in [-0.39, 0.29) is 24.2 Å². The van der Waals surface area contributed by atoms with Gasteiger partial charge >= 0.3 is 6.61 Å². The maximum absolute atomic E-state index is 13.4. The van der Waals surface area contributed by atoms with Crippen LogP contribution in [0.15, 0.2) is 18.2 Å². The first-order valence-electron chi connectivity index (χ1n) is 6.20. The van der Waals surface area contributed by atoms with Crippen LogP contribution in [0.2, 0.25) is 0 Å². The second-order valence-corrected chi connectivity index (χ2v) is 4.26. The molecule has 0 aliphatic rings. The number of alkyl halides is 2. The van der Waals surface area contributed by atoms with Crippen molar-refractivity contribution in [1.29, 1.82) is 0 Å². The molecule has 0 fully saturated rings. The van der Waals surface area contributed by atoms with Crippen molar-refractivity contribution in [2.45, 2.75) is 32.9 Å². The van der Waals surface area contributed by atoms with Crippen LogP contribution in [-0.4, -0.2) is 25.1 Å². The quantitative estimate of drug-likeness (QED) is 0.812. The Morgan fingerprint density at radius 3 is 2.65 bits per heavy atom. The Hall–Kier alpha value is -1.76. The second kappa shape index (κ2) is 7.74. The third-order valence-corrected chi connectivity index (χ3v) is 2.66. The Balaban J connectivity index is 2.56. The molecule has 4 nitrogen and oxygen atoms in total. The summed E-state index contributed by atoms with van der Waals surface area (Å²) in [4.78, 5) is 11.6. The summed E-state index contributed by atoms with van der Waals surface area (Å²) in [6, 6.07) is 3.46. The largest absolute Gasteiger partial charge is 0.432 e. The monoisotopic (exact) mass is 290 g/mol. The van der Waals surface area contributed by atoms with E-state index in [1.807, 2.05) is 13.8 Å². The average Bonchev–Trinajstić information content (AvgIpc) is 2.38. The molecule has 0 spiro atoms. The molecule has 0 bridgehead atoms. The number of amides is 1. The minimum absolute atomic E-state index is 0.0892. The van der Waals surface area contributed by atoms with Crippen LogP contribution < -0.4 is 15.4 Å². The average molecular weight is 290 g/mol. The van der Waals surface area contributed by atoms with E-state index in [2.05, 4.69) is 15.4 Å². The fourth-order valence-corrected chi connectivity index (χ4v) is 1.39. The molecule has 1 amide bonds. The van der Waals surface area contributed by atoms with Crippen LogP contribution in [-0.2, 0) is 4.79 Å². The van der Waals surface area contributed by atoms with Gasteiger partial charge in [0.2, 0.25) is 5.91 Å². The molecule has 0 aliphatic carbocycles. The first-order valence-corrected chi connectivity index (χ1v) is 6.20. The molecule has 1 aromatic carbocycles. The van der Waals surface area contributed by atoms with Crippen molar-refractivity contribution in [3.8, 4) is 5.75 Å². The third kappa shape index (κ3) is 5.48. The molecule has 0 saturated heterocycles. The van der Waals surface area contributed by atoms with Gasteiger partial charge in [-0.3, -0.25) is 4.79 Å². The number of hydrogen-bond acceptors (Lipinski definition) is 3. The second-order valence-electron chi connectivity index (χ2n) is 4.26. The number of nitrogens with one attached hydrogen (secondary N) is 2. The van der Waals surface area contributed by atoms with E-state index in [0.717, 1.165) is 18.6 Å². The van der Waals surface area contributed by atoms with E-state index in [1.54, 1.807) is 0 Å². The zero-order valence-electron chi connectivity index (χ0n) is 11.3. The summed E-state index contributed by atoms with van der Waals surface area (Å²) in [5.41, 5.74) is 0.181. The Morgan fingerprint density at radius 2 is 2.10 bits per heavy atom. The molecular weight excluding hydrogens is 273 g/mol. The first-order chi connectivity index (χ1) is 9.42. The van der Waals surface area contributed by atoms with Crippen molar-refractivity contribution in [3.63, 3.8) is 0 Å². The number of carbonyl (C=O) groups is 1. The molecule has 2 N–H and O–H groups in total. The van der Waals surface area contributed by atoms with Gasteiger partial charge in [0.05, 0.1) is 6.54 Å². The summed E-state index contributed by atoms with van der Waals surface area (Å²) in [7, 11) is 0. The van der Waals surface area contributed by atoms with Gasteiger partial charge in [-0.15, -0.1) is 0 Å². The fraction of sp³-hybridized carbons (Fsp3) is 0.462. The number of anilines is 1. The molecule has 1 atom stereocenters. The maximum atomic E-state index is 13.4. The lowest BCUT2D eigenvalue weighted by Crippen LogP contribution is -2.33. The predicted octanol–water partition coefficient (Wildman–Crippen LogP) is 2.75. The third-order valence-electron chi connectivity index (χ3n) is 2.66. The van der Waals surface area contributed by atoms with Gasteiger partial charge in [-0.05, 0) is 25.5 Å². The van der Waals surface area contributed by atoms with E-state index in [0.29, 0.717) is 0 Å². The topological polar surface area (TPSA) is 50.4 Å². The molecular formula is C13H17F3N2O2. The number of rotatable bonds is 7. The number of benzene rings is 1. The van der Waals surface area contributed by atoms with Crippen molar-refractivity contribution in [2.24, 2.45) is 0 Å². The van der Waals surface area contributed by atoms with Crippen LogP contribution >= 0.6 is 0 Å². The highest BCUT2D eigenvalue weighted by Gasteiger charge is 2.11. The molecule has 0 aromatic heterocycles. The zero-order valence-corrected chi connectivity index (χ0v) is 11.3. The van der Waals surface area contributed by atoms with Crippen molar-refractivity contribution in [1.82, 2.24) is 5.32 Å². The van der Waals surface area contributed by atoms with Gasteiger partial charge in [0, 0.05) is 17.8 Å². The lowest BCUT2D eigenvalue weighted by Gasteiger charge is -2.12. The van der Waals surface area contributed by atoms with Gasteiger partial charge in [-0.2, -0.15) is 8.78 Å². The summed E-state index contributed by atoms with van der Waals surface area (Å²) in [6.45, 7) is 0.909. The van der Waals surface area contributed by atoms with E-state index in [9.17, 15) is 18.0 Å². The van der Waals surface area contributed by atoms with Crippen LogP contribution in [0.1, 0.15) is 20.3 Å². The standard InChI is InChI=1S/C13H17F3N2O2/c1-3-8(2)17-7-12(19)18-9-4-5-11(10(14)6-9)20-13(15)16/h4-6,8,13,17H,3,7H2,1-2H3,(H,18,19). The van der Waals surface area contributed by atoms with Gasteiger partial charge < -0.3 is 15.4 Å². The number of hydrogen-bond donors (Lipinski definition) is 2. The van der Waals surface area contributed by atoms with Crippen molar-refractivity contribution in [2.75, 3.05) is 11.9 Å². The van der Waals surface area contributed by atoms with Crippen molar-refractivity contribution >= 4 is 11.6 Å². The van der Waals surface area contributed by atoms with Gasteiger partial charge in [-0.25, -0.2) is 4.39 Å². The summed E-state index contributed by atoms with van der Waals surface area (Å²) in [6.07, 6.45) is 0.877. The van der Waals surface area contributed by atoms with E-state index in [4.69, 9.17) is 0 Å². The van der Waals surface area contributed by atoms with Gasteiger partial charge in [0.25, 0.3) is 0 Å². The summed E-state index contributed by atoms with van der Waals surface area (Å²) < 4.78 is 41.3. The fourth-order valence-electron chi connectivity index (χ4n) is 1.39. The molecule has 0 radical (unpaired) electrons. The lowest BCUT2D eigenvalue weighted by molar-refractivity contribution is -0.115. The molecule has 112 valence electrons. The van der Waals surface area contributed by atoms with Gasteiger partial charge in [0.1, 0.15) is 0 Å². The normalized spacial score (nSPS) is 12.3. The Bertz CT molecular complexity index is 455. The zero-order chi connectivity index (χ0) is 15.1. The molecule has 0 heterocycles. The minimum Gasteiger partial charge on any atom is -0.432 e. The molecule has 1 rings (SSSR count). The van der Waals surface area contributed by atoms with Crippen LogP contribution in [0.25, 0.3) is 0 Å². The Kier molecular flexibility index (Phi) is 6.30. The summed E-state index contributed by atoms with van der Waals surface area (Å²) in [5, 5.41) is 5.43. The van der Waals surface area contributed by atoms with Gasteiger partial charge in [-0.1, -0.05) is 6.92 Å². The molecule has 1 aromatic rings. The molecule has 0 saturated carbocycles. The number of carbonyl (C=O) groups excluding carboxylic acids is 1. The highest BCUT2D eigenvalue weighted by molar-refractivity contribution is 5.92. The highest BCUT2D eigenvalue weighted by Crippen LogP contribution is 2.22. The molecule has 0 aliphatic heterocycles. The van der Waals surface area contributed by atoms with Crippen molar-refractivity contribution < 1.29 is 22.7 Å². The van der Waals surface area contributed by atoms with Crippen LogP contribution in [0.4, 0.5) is 18.9 Å². The SMILES string of the molecule is CCC(C)NCC(=O)Nc1ccc(OC(F)F)c(F)c1. The number of halogens is 3. The summed E-state index contributed by atoms with van der Waals surface area (Å²) >= 11 is 0. The smallest absolute Gasteiger partial charge is 0.387 e. The van der Waals surface area contributed by atoms with Gasteiger partial charge in [0.15, 0.2) is 11.6 Å².